The van der Waals surface area contributed by atoms with Crippen molar-refractivity contribution in [2.24, 2.45) is 0 Å². The minimum atomic E-state index is -5.61. The Bertz CT molecular complexity index is 304. The van der Waals surface area contributed by atoms with Gasteiger partial charge in [-0.3, -0.25) is 0 Å². The van der Waals surface area contributed by atoms with Crippen LogP contribution in [0.3, 0.4) is 0 Å². The highest BCUT2D eigenvalue weighted by Gasteiger charge is 2.61. The fourth-order valence-electron chi connectivity index (χ4n) is 0.545. The Hall–Kier alpha value is -0.790. The summed E-state index contributed by atoms with van der Waals surface area (Å²) in [6, 6.07) is 0. The van der Waals surface area contributed by atoms with Gasteiger partial charge in [-0.1, -0.05) is 11.3 Å². The van der Waals surface area contributed by atoms with E-state index in [1.807, 2.05) is 0 Å². The average Bonchev–Trinajstić information content (AvgIpc) is 2.33. The van der Waals surface area contributed by atoms with Gasteiger partial charge in [-0.25, -0.2) is 0 Å². The number of halogens is 5. The number of rotatable bonds is 1. The van der Waals surface area contributed by atoms with Crippen LogP contribution in [0, 0.1) is 6.92 Å². The van der Waals surface area contributed by atoms with Gasteiger partial charge in [0.15, 0.2) is 5.01 Å². The number of hydrogen-bond acceptors (Lipinski definition) is 3. The van der Waals surface area contributed by atoms with E-state index in [0.29, 0.717) is 0 Å². The maximum Gasteiger partial charge on any atom is 0.460 e. The van der Waals surface area contributed by atoms with Crippen molar-refractivity contribution in [3.8, 4) is 0 Å². The molecule has 0 atom stereocenters. The van der Waals surface area contributed by atoms with E-state index >= 15 is 0 Å². The van der Waals surface area contributed by atoms with Crippen LogP contribution in [0.15, 0.2) is 0 Å². The molecule has 0 fully saturated rings. The van der Waals surface area contributed by atoms with Gasteiger partial charge in [0.05, 0.1) is 0 Å². The zero-order valence-electron chi connectivity index (χ0n) is 6.19. The van der Waals surface area contributed by atoms with Crippen molar-refractivity contribution in [2.75, 3.05) is 0 Å². The van der Waals surface area contributed by atoms with Gasteiger partial charge >= 0.3 is 12.1 Å². The molecule has 0 spiro atoms. The van der Waals surface area contributed by atoms with E-state index in [4.69, 9.17) is 0 Å². The largest absolute Gasteiger partial charge is 0.460 e. The standard InChI is InChI=1S/C5H3F5N2S/c1-2-11-12-3(13-2)4(6,7)5(8,9)10/h1H3. The number of nitrogens with zero attached hydrogens (tertiary/aromatic N) is 2. The van der Waals surface area contributed by atoms with Gasteiger partial charge in [-0.05, 0) is 6.92 Å². The van der Waals surface area contributed by atoms with Gasteiger partial charge in [-0.2, -0.15) is 22.0 Å². The second kappa shape index (κ2) is 2.86. The number of alkyl halides is 5. The first-order valence-corrected chi connectivity index (χ1v) is 3.82. The lowest BCUT2D eigenvalue weighted by Crippen LogP contribution is -2.33. The normalized spacial score (nSPS) is 13.4. The highest BCUT2D eigenvalue weighted by molar-refractivity contribution is 7.11. The van der Waals surface area contributed by atoms with Crippen molar-refractivity contribution < 1.29 is 22.0 Å². The third-order valence-corrected chi connectivity index (χ3v) is 2.06. The van der Waals surface area contributed by atoms with E-state index in [1.54, 1.807) is 0 Å². The molecule has 1 rings (SSSR count). The minimum Gasteiger partial charge on any atom is -0.188 e. The molecule has 0 aromatic carbocycles. The van der Waals surface area contributed by atoms with Crippen molar-refractivity contribution >= 4 is 11.3 Å². The summed E-state index contributed by atoms with van der Waals surface area (Å²) in [6.07, 6.45) is -5.61. The maximum absolute atomic E-state index is 12.5. The van der Waals surface area contributed by atoms with Crippen molar-refractivity contribution in [3.63, 3.8) is 0 Å². The Morgan fingerprint density at radius 2 is 1.62 bits per heavy atom. The Morgan fingerprint density at radius 1 is 1.08 bits per heavy atom. The molecule has 13 heavy (non-hydrogen) atoms. The zero-order chi connectivity index (χ0) is 10.3. The molecule has 0 aliphatic carbocycles. The van der Waals surface area contributed by atoms with Crippen LogP contribution in [0.25, 0.3) is 0 Å². The van der Waals surface area contributed by atoms with E-state index in [1.165, 1.54) is 6.92 Å². The predicted molar refractivity (Wildman–Crippen MR) is 34.6 cm³/mol. The Morgan fingerprint density at radius 3 is 1.92 bits per heavy atom. The summed E-state index contributed by atoms with van der Waals surface area (Å²) >= 11 is 0.229. The Balaban J connectivity index is 3.07. The van der Waals surface area contributed by atoms with Gasteiger partial charge < -0.3 is 0 Å². The van der Waals surface area contributed by atoms with E-state index < -0.39 is 17.1 Å². The smallest absolute Gasteiger partial charge is 0.188 e. The molecule has 0 amide bonds. The minimum absolute atomic E-state index is 0.0684. The first kappa shape index (κ1) is 10.3. The fourth-order valence-corrected chi connectivity index (χ4v) is 1.23. The molecular formula is C5H3F5N2S. The molecule has 0 N–H and O–H groups in total. The van der Waals surface area contributed by atoms with E-state index in [9.17, 15) is 22.0 Å². The van der Waals surface area contributed by atoms with Crippen LogP contribution in [-0.2, 0) is 5.92 Å². The van der Waals surface area contributed by atoms with Crippen LogP contribution in [0.1, 0.15) is 10.0 Å². The average molecular weight is 218 g/mol. The molecule has 0 saturated carbocycles. The first-order chi connectivity index (χ1) is 5.75. The summed E-state index contributed by atoms with van der Waals surface area (Å²) in [7, 11) is 0. The van der Waals surface area contributed by atoms with Crippen LogP contribution >= 0.6 is 11.3 Å². The van der Waals surface area contributed by atoms with Gasteiger partial charge in [0.1, 0.15) is 5.01 Å². The molecule has 0 aliphatic heterocycles. The van der Waals surface area contributed by atoms with E-state index in [0.717, 1.165) is 0 Å². The highest BCUT2D eigenvalue weighted by atomic mass is 32.1. The third kappa shape index (κ3) is 1.77. The molecule has 8 heteroatoms. The van der Waals surface area contributed by atoms with E-state index in [2.05, 4.69) is 10.2 Å². The second-order valence-electron chi connectivity index (χ2n) is 2.20. The molecule has 1 aromatic rings. The number of hydrogen-bond donors (Lipinski definition) is 0. The predicted octanol–water partition coefficient (Wildman–Crippen LogP) is 2.50. The molecule has 1 heterocycles. The molecule has 0 radical (unpaired) electrons. The number of aryl methyl sites for hydroxylation is 1. The van der Waals surface area contributed by atoms with Crippen LogP contribution < -0.4 is 0 Å². The molecule has 1 aromatic heterocycles. The van der Waals surface area contributed by atoms with Crippen LogP contribution in [0.4, 0.5) is 22.0 Å². The Labute approximate surface area is 73.4 Å². The lowest BCUT2D eigenvalue weighted by Gasteiger charge is -2.15. The summed E-state index contributed by atoms with van der Waals surface area (Å²) in [5, 5.41) is 4.58. The van der Waals surface area contributed by atoms with Gasteiger partial charge in [0.2, 0.25) is 0 Å². The molecule has 0 unspecified atom stereocenters. The van der Waals surface area contributed by atoms with Gasteiger partial charge in [0.25, 0.3) is 0 Å². The van der Waals surface area contributed by atoms with Gasteiger partial charge in [0, 0.05) is 0 Å². The zero-order valence-corrected chi connectivity index (χ0v) is 7.01. The molecule has 0 aliphatic rings. The second-order valence-corrected chi connectivity index (χ2v) is 3.38. The molecule has 0 bridgehead atoms. The highest BCUT2D eigenvalue weighted by Crippen LogP contribution is 2.44. The summed E-state index contributed by atoms with van der Waals surface area (Å²) in [6.45, 7) is 1.30. The lowest BCUT2D eigenvalue weighted by molar-refractivity contribution is -0.289. The molecule has 2 nitrogen and oxygen atoms in total. The van der Waals surface area contributed by atoms with Crippen LogP contribution in [0.5, 0.6) is 0 Å². The van der Waals surface area contributed by atoms with Crippen molar-refractivity contribution in [3.05, 3.63) is 10.0 Å². The monoisotopic (exact) mass is 218 g/mol. The Kier molecular flexibility index (Phi) is 2.27. The SMILES string of the molecule is Cc1nnc(C(F)(F)C(F)(F)F)s1. The quantitative estimate of drug-likeness (QED) is 0.677. The first-order valence-electron chi connectivity index (χ1n) is 3.00. The molecular weight excluding hydrogens is 215 g/mol. The van der Waals surface area contributed by atoms with Crippen molar-refractivity contribution in [2.45, 2.75) is 19.0 Å². The third-order valence-electron chi connectivity index (χ3n) is 1.15. The fraction of sp³-hybridized carbons (Fsp3) is 0.600. The maximum atomic E-state index is 12.5. The summed E-state index contributed by atoms with van der Waals surface area (Å²) < 4.78 is 60.1. The molecule has 0 saturated heterocycles. The van der Waals surface area contributed by atoms with Crippen LogP contribution in [0.2, 0.25) is 0 Å². The topological polar surface area (TPSA) is 25.8 Å². The number of aromatic nitrogens is 2. The van der Waals surface area contributed by atoms with Crippen LogP contribution in [-0.4, -0.2) is 16.4 Å². The summed E-state index contributed by atoms with van der Waals surface area (Å²) in [4.78, 5) is 0. The van der Waals surface area contributed by atoms with Crippen molar-refractivity contribution in [1.29, 1.82) is 0 Å². The summed E-state index contributed by atoms with van der Waals surface area (Å²) in [5.74, 6) is -4.90. The van der Waals surface area contributed by atoms with E-state index in [-0.39, 0.29) is 16.3 Å². The summed E-state index contributed by atoms with van der Waals surface area (Å²) in [5.41, 5.74) is 0. The lowest BCUT2D eigenvalue weighted by atomic mass is 10.3. The van der Waals surface area contributed by atoms with Gasteiger partial charge in [-0.15, -0.1) is 10.2 Å². The molecule has 74 valence electrons. The van der Waals surface area contributed by atoms with Crippen molar-refractivity contribution in [1.82, 2.24) is 10.2 Å².